The van der Waals surface area contributed by atoms with Crippen LogP contribution in [0.5, 0.6) is 0 Å². The predicted molar refractivity (Wildman–Crippen MR) is 81.6 cm³/mol. The molecule has 0 saturated heterocycles. The van der Waals surface area contributed by atoms with Crippen LogP contribution >= 0.6 is 23.5 Å². The van der Waals surface area contributed by atoms with Crippen molar-refractivity contribution < 1.29 is 4.79 Å². The van der Waals surface area contributed by atoms with Gasteiger partial charge in [-0.25, -0.2) is 0 Å². The second kappa shape index (κ2) is 6.64. The van der Waals surface area contributed by atoms with E-state index in [4.69, 9.17) is 5.26 Å². The molecule has 0 aromatic heterocycles. The van der Waals surface area contributed by atoms with Crippen LogP contribution in [0.4, 0.5) is 5.69 Å². The van der Waals surface area contributed by atoms with E-state index in [1.54, 1.807) is 36.0 Å². The van der Waals surface area contributed by atoms with Gasteiger partial charge in [0.1, 0.15) is 4.38 Å². The van der Waals surface area contributed by atoms with E-state index in [2.05, 4.69) is 10.3 Å². The minimum absolute atomic E-state index is 0.0510. The van der Waals surface area contributed by atoms with Gasteiger partial charge in [0.2, 0.25) is 5.91 Å². The van der Waals surface area contributed by atoms with Gasteiger partial charge in [-0.3, -0.25) is 9.79 Å². The van der Waals surface area contributed by atoms with Gasteiger partial charge >= 0.3 is 0 Å². The summed E-state index contributed by atoms with van der Waals surface area (Å²) in [5.74, 6) is 0.955. The highest BCUT2D eigenvalue weighted by molar-refractivity contribution is 8.39. The zero-order chi connectivity index (χ0) is 13.7. The molecule has 0 unspecified atom stereocenters. The van der Waals surface area contributed by atoms with Crippen molar-refractivity contribution in [3.63, 3.8) is 0 Å². The lowest BCUT2D eigenvalue weighted by Gasteiger charge is -2.11. The summed E-state index contributed by atoms with van der Waals surface area (Å²) in [5.41, 5.74) is 1.29. The topological polar surface area (TPSA) is 65.2 Å². The van der Waals surface area contributed by atoms with Crippen LogP contribution in [0.1, 0.15) is 12.5 Å². The van der Waals surface area contributed by atoms with Gasteiger partial charge in [0.25, 0.3) is 0 Å². The quantitative estimate of drug-likeness (QED) is 0.930. The van der Waals surface area contributed by atoms with Crippen LogP contribution in [-0.2, 0) is 4.79 Å². The molecular formula is C13H13N3OS2. The molecule has 1 N–H and O–H groups in total. The van der Waals surface area contributed by atoms with E-state index < -0.39 is 0 Å². The third-order valence-corrected chi connectivity index (χ3v) is 4.79. The van der Waals surface area contributed by atoms with Crippen LogP contribution in [0.25, 0.3) is 0 Å². The fourth-order valence-electron chi connectivity index (χ4n) is 1.46. The number of hydrogen-bond acceptors (Lipinski definition) is 5. The maximum Gasteiger partial charge on any atom is 0.237 e. The molecule has 98 valence electrons. The fourth-order valence-corrected chi connectivity index (χ4v) is 3.59. The normalized spacial score (nSPS) is 15.5. The number of nitriles is 1. The molecule has 2 rings (SSSR count). The van der Waals surface area contributed by atoms with Crippen LogP contribution in [0.2, 0.25) is 0 Å². The number of aliphatic imine (C=N–C) groups is 1. The molecule has 0 bridgehead atoms. The Balaban J connectivity index is 1.90. The van der Waals surface area contributed by atoms with Gasteiger partial charge in [-0.05, 0) is 31.2 Å². The van der Waals surface area contributed by atoms with Crippen molar-refractivity contribution in [1.82, 2.24) is 0 Å². The van der Waals surface area contributed by atoms with E-state index in [0.717, 1.165) is 16.7 Å². The van der Waals surface area contributed by atoms with Crippen LogP contribution in [-0.4, -0.2) is 27.8 Å². The van der Waals surface area contributed by atoms with Crippen molar-refractivity contribution in [2.75, 3.05) is 17.6 Å². The molecule has 1 aromatic rings. The summed E-state index contributed by atoms with van der Waals surface area (Å²) in [5, 5.41) is 11.4. The van der Waals surface area contributed by atoms with E-state index in [0.29, 0.717) is 11.3 Å². The maximum absolute atomic E-state index is 12.0. The lowest BCUT2D eigenvalue weighted by molar-refractivity contribution is -0.115. The SMILES string of the molecule is C[C@H](SC1=NCCS1)C(=O)Nc1ccc(C#N)cc1. The Bertz CT molecular complexity index is 534. The number of anilines is 1. The van der Waals surface area contributed by atoms with Crippen molar-refractivity contribution in [3.05, 3.63) is 29.8 Å². The lowest BCUT2D eigenvalue weighted by Crippen LogP contribution is -2.23. The molecule has 1 atom stereocenters. The number of carbonyl (C=O) groups excluding carboxylic acids is 1. The molecule has 1 aromatic carbocycles. The van der Waals surface area contributed by atoms with Gasteiger partial charge in [-0.2, -0.15) is 5.26 Å². The number of nitrogens with zero attached hydrogens (tertiary/aromatic N) is 2. The van der Waals surface area contributed by atoms with Crippen LogP contribution in [0.3, 0.4) is 0 Å². The first-order chi connectivity index (χ1) is 9.19. The second-order valence-electron chi connectivity index (χ2n) is 3.93. The van der Waals surface area contributed by atoms with Gasteiger partial charge in [0.15, 0.2) is 0 Å². The summed E-state index contributed by atoms with van der Waals surface area (Å²) in [6, 6.07) is 8.88. The molecule has 19 heavy (non-hydrogen) atoms. The van der Waals surface area contributed by atoms with E-state index >= 15 is 0 Å². The number of thioether (sulfide) groups is 2. The average Bonchev–Trinajstić information content (AvgIpc) is 2.92. The van der Waals surface area contributed by atoms with Gasteiger partial charge in [-0.15, -0.1) is 0 Å². The molecule has 1 aliphatic heterocycles. The van der Waals surface area contributed by atoms with E-state index in [-0.39, 0.29) is 11.2 Å². The summed E-state index contributed by atoms with van der Waals surface area (Å²) >= 11 is 3.19. The molecule has 1 heterocycles. The van der Waals surface area contributed by atoms with E-state index in [1.165, 1.54) is 11.8 Å². The average molecular weight is 291 g/mol. The molecule has 1 amide bonds. The summed E-state index contributed by atoms with van der Waals surface area (Å²) in [4.78, 5) is 16.3. The van der Waals surface area contributed by atoms with Crippen LogP contribution in [0, 0.1) is 11.3 Å². The lowest BCUT2D eigenvalue weighted by atomic mass is 10.2. The Labute approximate surface area is 120 Å². The van der Waals surface area contributed by atoms with Crippen LogP contribution < -0.4 is 5.32 Å². The molecule has 1 aliphatic rings. The first-order valence-electron chi connectivity index (χ1n) is 5.84. The molecule has 0 saturated carbocycles. The number of rotatable bonds is 3. The smallest absolute Gasteiger partial charge is 0.237 e. The molecule has 0 radical (unpaired) electrons. The molecule has 0 fully saturated rings. The third-order valence-electron chi connectivity index (χ3n) is 2.49. The fraction of sp³-hybridized carbons (Fsp3) is 0.308. The standard InChI is InChI=1S/C13H13N3OS2/c1-9(19-13-15-6-7-18-13)12(17)16-11-4-2-10(8-14)3-5-11/h2-5,9H,6-7H2,1H3,(H,16,17)/t9-/m0/s1. The largest absolute Gasteiger partial charge is 0.325 e. The van der Waals surface area contributed by atoms with Crippen molar-refractivity contribution in [2.45, 2.75) is 12.2 Å². The second-order valence-corrected chi connectivity index (χ2v) is 6.61. The minimum atomic E-state index is -0.181. The highest BCUT2D eigenvalue weighted by Crippen LogP contribution is 2.26. The first kappa shape index (κ1) is 14.0. The highest BCUT2D eigenvalue weighted by atomic mass is 32.2. The van der Waals surface area contributed by atoms with Crippen molar-refractivity contribution >= 4 is 39.5 Å². The molecule has 4 nitrogen and oxygen atoms in total. The molecule has 0 spiro atoms. The Morgan fingerprint density at radius 3 is 2.84 bits per heavy atom. The summed E-state index contributed by atoms with van der Waals surface area (Å²) in [6.07, 6.45) is 0. The monoisotopic (exact) mass is 291 g/mol. The zero-order valence-corrected chi connectivity index (χ0v) is 12.1. The van der Waals surface area contributed by atoms with Crippen molar-refractivity contribution in [1.29, 1.82) is 5.26 Å². The Morgan fingerprint density at radius 1 is 1.53 bits per heavy atom. The third kappa shape index (κ3) is 4.01. The number of hydrogen-bond donors (Lipinski definition) is 1. The number of amides is 1. The van der Waals surface area contributed by atoms with Gasteiger partial charge < -0.3 is 5.32 Å². The highest BCUT2D eigenvalue weighted by Gasteiger charge is 2.18. The predicted octanol–water partition coefficient (Wildman–Crippen LogP) is 2.72. The van der Waals surface area contributed by atoms with Crippen molar-refractivity contribution in [3.8, 4) is 6.07 Å². The number of nitrogens with one attached hydrogen (secondary N) is 1. The molecule has 0 aliphatic carbocycles. The minimum Gasteiger partial charge on any atom is -0.325 e. The summed E-state index contributed by atoms with van der Waals surface area (Å²) in [7, 11) is 0. The Morgan fingerprint density at radius 2 is 2.26 bits per heavy atom. The summed E-state index contributed by atoms with van der Waals surface area (Å²) < 4.78 is 0.988. The number of benzene rings is 1. The molecule has 6 heteroatoms. The Hall–Kier alpha value is -1.45. The Kier molecular flexibility index (Phi) is 4.88. The van der Waals surface area contributed by atoms with Crippen molar-refractivity contribution in [2.24, 2.45) is 4.99 Å². The van der Waals surface area contributed by atoms with E-state index in [1.807, 2.05) is 13.0 Å². The maximum atomic E-state index is 12.0. The number of carbonyl (C=O) groups is 1. The van der Waals surface area contributed by atoms with Crippen LogP contribution in [0.15, 0.2) is 29.3 Å². The zero-order valence-electron chi connectivity index (χ0n) is 10.4. The van der Waals surface area contributed by atoms with E-state index in [9.17, 15) is 4.79 Å². The van der Waals surface area contributed by atoms with Gasteiger partial charge in [-0.1, -0.05) is 23.5 Å². The van der Waals surface area contributed by atoms with Gasteiger partial charge in [0.05, 0.1) is 23.4 Å². The van der Waals surface area contributed by atoms with Gasteiger partial charge in [0, 0.05) is 11.4 Å². The summed E-state index contributed by atoms with van der Waals surface area (Å²) in [6.45, 7) is 2.71. The molecular weight excluding hydrogens is 278 g/mol. The first-order valence-corrected chi connectivity index (χ1v) is 7.70.